The average Bonchev–Trinajstić information content (AvgIpc) is 2.46. The highest BCUT2D eigenvalue weighted by Gasteiger charge is 2.35. The lowest BCUT2D eigenvalue weighted by atomic mass is 9.68. The lowest BCUT2D eigenvalue weighted by Gasteiger charge is -2.44. The van der Waals surface area contributed by atoms with Crippen LogP contribution in [0.3, 0.4) is 0 Å². The minimum absolute atomic E-state index is 0.561. The lowest BCUT2D eigenvalue weighted by molar-refractivity contribution is -0.147. The molecule has 0 bridgehead atoms. The van der Waals surface area contributed by atoms with E-state index in [1.54, 1.807) is 0 Å². The number of nitrogens with zero attached hydrogens (tertiary/aromatic N) is 1. The van der Waals surface area contributed by atoms with Crippen molar-refractivity contribution in [2.24, 2.45) is 10.8 Å². The molecule has 1 saturated heterocycles. The van der Waals surface area contributed by atoms with Crippen LogP contribution in [0.5, 0.6) is 0 Å². The van der Waals surface area contributed by atoms with Crippen molar-refractivity contribution in [3.05, 3.63) is 0 Å². The molecule has 1 saturated carbocycles. The molecule has 1 heterocycles. The largest absolute Gasteiger partial charge is 0.481 e. The number of carboxylic acid groups (broad SMARTS) is 1. The third-order valence-electron chi connectivity index (χ3n) is 5.94. The summed E-state index contributed by atoms with van der Waals surface area (Å²) in [5.41, 5.74) is 0.133. The molecule has 2 aliphatic rings. The predicted octanol–water partition coefficient (Wildman–Crippen LogP) is 4.31. The molecule has 1 spiro atoms. The smallest absolute Gasteiger partial charge is 0.309 e. The Balaban J connectivity index is 1.62. The van der Waals surface area contributed by atoms with E-state index in [2.05, 4.69) is 4.90 Å². The maximum atomic E-state index is 11.1. The van der Waals surface area contributed by atoms with E-state index in [4.69, 9.17) is 5.11 Å². The van der Waals surface area contributed by atoms with Crippen LogP contribution in [0.25, 0.3) is 0 Å². The van der Waals surface area contributed by atoms with Gasteiger partial charge in [0.1, 0.15) is 0 Å². The topological polar surface area (TPSA) is 40.5 Å². The summed E-state index contributed by atoms with van der Waals surface area (Å²) in [6.07, 6.45) is 13.0. The molecule has 1 aliphatic carbocycles. The zero-order chi connectivity index (χ0) is 15.3. The van der Waals surface area contributed by atoms with Crippen LogP contribution in [0.4, 0.5) is 0 Å². The van der Waals surface area contributed by atoms with Gasteiger partial charge in [-0.25, -0.2) is 0 Å². The summed E-state index contributed by atoms with van der Waals surface area (Å²) in [7, 11) is 0. The number of likely N-dealkylation sites (tertiary alicyclic amines) is 1. The minimum atomic E-state index is -0.667. The molecule has 1 N–H and O–H groups in total. The van der Waals surface area contributed by atoms with Gasteiger partial charge >= 0.3 is 5.97 Å². The van der Waals surface area contributed by atoms with Gasteiger partial charge in [-0.1, -0.05) is 25.7 Å². The van der Waals surface area contributed by atoms with Crippen molar-refractivity contribution in [3.8, 4) is 0 Å². The number of carboxylic acids is 1. The molecule has 0 aromatic rings. The van der Waals surface area contributed by atoms with Crippen LogP contribution in [0.15, 0.2) is 0 Å². The standard InChI is InChI=1S/C18H33NO2/c1-17(2,16(20)21)8-6-7-13-19-14-11-18(12-15-19)9-4-3-5-10-18/h3-15H2,1-2H3,(H,20,21). The first-order valence-corrected chi connectivity index (χ1v) is 8.89. The lowest BCUT2D eigenvalue weighted by Crippen LogP contribution is -2.41. The van der Waals surface area contributed by atoms with Gasteiger partial charge in [0.2, 0.25) is 0 Å². The Hall–Kier alpha value is -0.570. The zero-order valence-corrected chi connectivity index (χ0v) is 14.0. The highest BCUT2D eigenvalue weighted by Crippen LogP contribution is 2.44. The van der Waals surface area contributed by atoms with Gasteiger partial charge in [0, 0.05) is 0 Å². The Morgan fingerprint density at radius 2 is 1.67 bits per heavy atom. The van der Waals surface area contributed by atoms with Crippen LogP contribution < -0.4 is 0 Å². The number of carbonyl (C=O) groups is 1. The van der Waals surface area contributed by atoms with Crippen molar-refractivity contribution in [3.63, 3.8) is 0 Å². The van der Waals surface area contributed by atoms with Gasteiger partial charge in [-0.3, -0.25) is 4.79 Å². The molecule has 1 aliphatic heterocycles. The first kappa shape index (κ1) is 16.8. The molecule has 3 heteroatoms. The Morgan fingerprint density at radius 3 is 2.24 bits per heavy atom. The van der Waals surface area contributed by atoms with Crippen LogP contribution in [-0.4, -0.2) is 35.6 Å². The second-order valence-corrected chi connectivity index (χ2v) is 8.05. The fourth-order valence-corrected chi connectivity index (χ4v) is 4.06. The van der Waals surface area contributed by atoms with Crippen LogP contribution in [-0.2, 0) is 4.79 Å². The van der Waals surface area contributed by atoms with Crippen molar-refractivity contribution in [2.45, 2.75) is 78.1 Å². The Morgan fingerprint density at radius 1 is 1.05 bits per heavy atom. The number of rotatable bonds is 6. The summed E-state index contributed by atoms with van der Waals surface area (Å²) in [6.45, 7) is 7.36. The van der Waals surface area contributed by atoms with Crippen molar-refractivity contribution in [1.29, 1.82) is 0 Å². The van der Waals surface area contributed by atoms with Gasteiger partial charge in [0.05, 0.1) is 5.41 Å². The van der Waals surface area contributed by atoms with Crippen molar-refractivity contribution in [1.82, 2.24) is 4.90 Å². The molecule has 0 aromatic heterocycles. The molecule has 0 unspecified atom stereocenters. The predicted molar refractivity (Wildman–Crippen MR) is 86.5 cm³/mol. The second kappa shape index (κ2) is 7.13. The van der Waals surface area contributed by atoms with Gasteiger partial charge in [0.25, 0.3) is 0 Å². The van der Waals surface area contributed by atoms with E-state index >= 15 is 0 Å². The zero-order valence-electron chi connectivity index (χ0n) is 14.0. The summed E-state index contributed by atoms with van der Waals surface area (Å²) < 4.78 is 0. The highest BCUT2D eigenvalue weighted by atomic mass is 16.4. The molecule has 2 rings (SSSR count). The average molecular weight is 295 g/mol. The molecule has 0 aromatic carbocycles. The Bertz CT molecular complexity index is 335. The van der Waals surface area contributed by atoms with Crippen molar-refractivity contribution < 1.29 is 9.90 Å². The van der Waals surface area contributed by atoms with E-state index in [9.17, 15) is 4.79 Å². The van der Waals surface area contributed by atoms with Gasteiger partial charge in [-0.15, -0.1) is 0 Å². The van der Waals surface area contributed by atoms with E-state index in [1.165, 1.54) is 58.0 Å². The summed E-state index contributed by atoms with van der Waals surface area (Å²) in [5, 5.41) is 9.12. The molecule has 0 atom stereocenters. The number of aliphatic carboxylic acids is 1. The fraction of sp³-hybridized carbons (Fsp3) is 0.944. The van der Waals surface area contributed by atoms with Crippen LogP contribution in [0.2, 0.25) is 0 Å². The Labute approximate surface area is 130 Å². The monoisotopic (exact) mass is 295 g/mol. The second-order valence-electron chi connectivity index (χ2n) is 8.05. The minimum Gasteiger partial charge on any atom is -0.481 e. The van der Waals surface area contributed by atoms with Crippen molar-refractivity contribution in [2.75, 3.05) is 19.6 Å². The van der Waals surface area contributed by atoms with E-state index in [1.807, 2.05) is 13.8 Å². The molecule has 21 heavy (non-hydrogen) atoms. The van der Waals surface area contributed by atoms with Crippen molar-refractivity contribution >= 4 is 5.97 Å². The SMILES string of the molecule is CC(C)(CCCCN1CCC2(CCCCC2)CC1)C(=O)O. The highest BCUT2D eigenvalue weighted by molar-refractivity contribution is 5.73. The summed E-state index contributed by atoms with van der Waals surface area (Å²) >= 11 is 0. The van der Waals surface area contributed by atoms with Gasteiger partial charge < -0.3 is 10.0 Å². The summed E-state index contributed by atoms with van der Waals surface area (Å²) in [6, 6.07) is 0. The Kier molecular flexibility index (Phi) is 5.70. The van der Waals surface area contributed by atoms with E-state index in [-0.39, 0.29) is 0 Å². The fourth-order valence-electron chi connectivity index (χ4n) is 4.06. The molecular formula is C18H33NO2. The summed E-state index contributed by atoms with van der Waals surface area (Å²) in [5.74, 6) is -0.667. The van der Waals surface area contributed by atoms with E-state index in [0.717, 1.165) is 25.8 Å². The quantitative estimate of drug-likeness (QED) is 0.742. The maximum Gasteiger partial charge on any atom is 0.309 e. The van der Waals surface area contributed by atoms with Crippen LogP contribution in [0, 0.1) is 10.8 Å². The molecule has 2 fully saturated rings. The number of hydrogen-bond acceptors (Lipinski definition) is 2. The molecular weight excluding hydrogens is 262 g/mol. The van der Waals surface area contributed by atoms with E-state index in [0.29, 0.717) is 5.41 Å². The van der Waals surface area contributed by atoms with Crippen LogP contribution in [0.1, 0.15) is 78.1 Å². The third kappa shape index (κ3) is 4.70. The van der Waals surface area contributed by atoms with Gasteiger partial charge in [-0.2, -0.15) is 0 Å². The number of piperidine rings is 1. The normalized spacial score (nSPS) is 23.3. The molecule has 0 radical (unpaired) electrons. The van der Waals surface area contributed by atoms with Gasteiger partial charge in [-0.05, 0) is 77.4 Å². The maximum absolute atomic E-state index is 11.1. The molecule has 122 valence electrons. The molecule has 3 nitrogen and oxygen atoms in total. The number of hydrogen-bond donors (Lipinski definition) is 1. The first-order valence-electron chi connectivity index (χ1n) is 8.89. The molecule has 0 amide bonds. The summed E-state index contributed by atoms with van der Waals surface area (Å²) in [4.78, 5) is 13.7. The number of unbranched alkanes of at least 4 members (excludes halogenated alkanes) is 1. The van der Waals surface area contributed by atoms with Crippen LogP contribution >= 0.6 is 0 Å². The van der Waals surface area contributed by atoms with Gasteiger partial charge in [0.15, 0.2) is 0 Å². The third-order valence-corrected chi connectivity index (χ3v) is 5.94. The first-order chi connectivity index (χ1) is 9.94. The van der Waals surface area contributed by atoms with E-state index < -0.39 is 11.4 Å².